The molecule has 1 atom stereocenters. The number of methoxy groups -OCH3 is 1. The second kappa shape index (κ2) is 7.88. The molecule has 0 aliphatic heterocycles. The molecule has 0 radical (unpaired) electrons. The highest BCUT2D eigenvalue weighted by atomic mass is 16.5. The number of hydrogen-bond acceptors (Lipinski definition) is 7. The zero-order chi connectivity index (χ0) is 14.3. The molecule has 7 nitrogen and oxygen atoms in total. The summed E-state index contributed by atoms with van der Waals surface area (Å²) in [7, 11) is 1.63. The van der Waals surface area contributed by atoms with Gasteiger partial charge >= 0.3 is 0 Å². The van der Waals surface area contributed by atoms with E-state index in [1.54, 1.807) is 7.11 Å². The normalized spacial score (nSPS) is 12.3. The fourth-order valence-corrected chi connectivity index (χ4v) is 1.66. The summed E-state index contributed by atoms with van der Waals surface area (Å²) in [6.07, 6.45) is 1.41. The summed E-state index contributed by atoms with van der Waals surface area (Å²) in [5.74, 6) is 7.43. The summed E-state index contributed by atoms with van der Waals surface area (Å²) in [6, 6.07) is -0.108. The average molecular weight is 269 g/mol. The minimum absolute atomic E-state index is 0.0135. The molecule has 0 saturated carbocycles. The second-order valence-electron chi connectivity index (χ2n) is 4.27. The first kappa shape index (κ1) is 15.6. The van der Waals surface area contributed by atoms with Gasteiger partial charge in [-0.25, -0.2) is 15.8 Å². The highest BCUT2D eigenvalue weighted by Crippen LogP contribution is 2.20. The molecular formula is C12H23N5O2. The summed E-state index contributed by atoms with van der Waals surface area (Å²) in [4.78, 5) is 8.72. The van der Waals surface area contributed by atoms with Crippen molar-refractivity contribution in [3.05, 3.63) is 11.4 Å². The molecule has 1 unspecified atom stereocenters. The number of aromatic nitrogens is 2. The lowest BCUT2D eigenvalue weighted by Crippen LogP contribution is -2.27. The van der Waals surface area contributed by atoms with Gasteiger partial charge in [-0.05, 0) is 13.3 Å². The first-order valence-corrected chi connectivity index (χ1v) is 6.36. The minimum Gasteiger partial charge on any atom is -0.394 e. The second-order valence-corrected chi connectivity index (χ2v) is 4.27. The van der Waals surface area contributed by atoms with Gasteiger partial charge in [-0.1, -0.05) is 6.92 Å². The van der Waals surface area contributed by atoms with Crippen LogP contribution >= 0.6 is 0 Å². The lowest BCUT2D eigenvalue weighted by atomic mass is 10.2. The fourth-order valence-electron chi connectivity index (χ4n) is 1.66. The van der Waals surface area contributed by atoms with E-state index in [4.69, 9.17) is 10.6 Å². The van der Waals surface area contributed by atoms with Crippen molar-refractivity contribution in [1.29, 1.82) is 0 Å². The number of nitrogens with two attached hydrogens (primary N) is 1. The van der Waals surface area contributed by atoms with Crippen molar-refractivity contribution in [2.75, 3.05) is 31.1 Å². The van der Waals surface area contributed by atoms with Gasteiger partial charge in [-0.2, -0.15) is 0 Å². The lowest BCUT2D eigenvalue weighted by Gasteiger charge is -2.19. The first-order chi connectivity index (χ1) is 9.15. The Balaban J connectivity index is 2.91. The molecule has 0 spiro atoms. The molecule has 0 fully saturated rings. The van der Waals surface area contributed by atoms with Crippen molar-refractivity contribution >= 4 is 11.6 Å². The molecule has 19 heavy (non-hydrogen) atoms. The van der Waals surface area contributed by atoms with Crippen LogP contribution in [-0.4, -0.2) is 41.4 Å². The van der Waals surface area contributed by atoms with Gasteiger partial charge in [-0.3, -0.25) is 0 Å². The number of anilines is 2. The zero-order valence-corrected chi connectivity index (χ0v) is 11.7. The number of aliphatic hydroxyl groups is 1. The van der Waals surface area contributed by atoms with E-state index in [0.717, 1.165) is 5.56 Å². The maximum Gasteiger partial charge on any atom is 0.148 e. The van der Waals surface area contributed by atoms with Gasteiger partial charge in [0, 0.05) is 25.7 Å². The number of nitrogen functional groups attached to an aromatic ring is 1. The van der Waals surface area contributed by atoms with E-state index in [2.05, 4.69) is 20.7 Å². The van der Waals surface area contributed by atoms with Crippen LogP contribution in [0, 0.1) is 6.92 Å². The highest BCUT2D eigenvalue weighted by Gasteiger charge is 2.13. The predicted octanol–water partition coefficient (Wildman–Crippen LogP) is 0.442. The maximum absolute atomic E-state index is 9.36. The van der Waals surface area contributed by atoms with Crippen LogP contribution in [0.5, 0.6) is 0 Å². The van der Waals surface area contributed by atoms with E-state index in [0.29, 0.717) is 36.9 Å². The smallest absolute Gasteiger partial charge is 0.148 e. The average Bonchev–Trinajstić information content (AvgIpc) is 2.45. The minimum atomic E-state index is -0.108. The standard InChI is InChI=1S/C12H23N5O2/c1-4-10-15-11(8(2)12(16-10)17-13)14-9(7-18)5-6-19-3/h9,18H,4-7,13H2,1-3H3,(H2,14,15,16,17). The quantitative estimate of drug-likeness (QED) is 0.401. The molecule has 5 N–H and O–H groups in total. The third-order valence-corrected chi connectivity index (χ3v) is 2.88. The molecular weight excluding hydrogens is 246 g/mol. The summed E-state index contributed by atoms with van der Waals surface area (Å²) < 4.78 is 5.02. The lowest BCUT2D eigenvalue weighted by molar-refractivity contribution is 0.174. The van der Waals surface area contributed by atoms with Crippen LogP contribution < -0.4 is 16.6 Å². The van der Waals surface area contributed by atoms with Gasteiger partial charge < -0.3 is 20.6 Å². The molecule has 108 valence electrons. The summed E-state index contributed by atoms with van der Waals surface area (Å²) >= 11 is 0. The third-order valence-electron chi connectivity index (χ3n) is 2.88. The van der Waals surface area contributed by atoms with E-state index < -0.39 is 0 Å². The molecule has 0 saturated heterocycles. The molecule has 1 heterocycles. The van der Waals surface area contributed by atoms with Crippen LogP contribution in [0.1, 0.15) is 24.7 Å². The van der Waals surface area contributed by atoms with Gasteiger partial charge in [0.2, 0.25) is 0 Å². The van der Waals surface area contributed by atoms with Gasteiger partial charge in [0.1, 0.15) is 17.5 Å². The molecule has 1 rings (SSSR count). The molecule has 1 aromatic heterocycles. The van der Waals surface area contributed by atoms with E-state index in [1.165, 1.54) is 0 Å². The van der Waals surface area contributed by atoms with E-state index >= 15 is 0 Å². The van der Waals surface area contributed by atoms with Gasteiger partial charge in [0.25, 0.3) is 0 Å². The van der Waals surface area contributed by atoms with Crippen LogP contribution in [0.3, 0.4) is 0 Å². The Bertz CT molecular complexity index is 400. The summed E-state index contributed by atoms with van der Waals surface area (Å²) in [5.41, 5.74) is 3.40. The van der Waals surface area contributed by atoms with Gasteiger partial charge in [0.15, 0.2) is 0 Å². The number of rotatable bonds is 8. The zero-order valence-electron chi connectivity index (χ0n) is 11.7. The van der Waals surface area contributed by atoms with Crippen molar-refractivity contribution in [1.82, 2.24) is 9.97 Å². The van der Waals surface area contributed by atoms with Crippen LogP contribution in [0.2, 0.25) is 0 Å². The van der Waals surface area contributed by atoms with E-state index in [1.807, 2.05) is 13.8 Å². The van der Waals surface area contributed by atoms with Gasteiger partial charge in [-0.15, -0.1) is 0 Å². The van der Waals surface area contributed by atoms with Crippen LogP contribution in [-0.2, 0) is 11.2 Å². The topological polar surface area (TPSA) is 105 Å². The Morgan fingerprint density at radius 3 is 2.58 bits per heavy atom. The van der Waals surface area contributed by atoms with E-state index in [9.17, 15) is 5.11 Å². The molecule has 0 aromatic carbocycles. The molecule has 1 aromatic rings. The number of hydrogen-bond donors (Lipinski definition) is 4. The number of nitrogens with zero attached hydrogens (tertiary/aromatic N) is 2. The van der Waals surface area contributed by atoms with E-state index in [-0.39, 0.29) is 12.6 Å². The van der Waals surface area contributed by atoms with Crippen molar-refractivity contribution in [3.63, 3.8) is 0 Å². The Labute approximate surface area is 113 Å². The Kier molecular flexibility index (Phi) is 6.48. The molecule has 0 aliphatic carbocycles. The van der Waals surface area contributed by atoms with Crippen molar-refractivity contribution < 1.29 is 9.84 Å². The number of nitrogens with one attached hydrogen (secondary N) is 2. The van der Waals surface area contributed by atoms with Crippen molar-refractivity contribution in [2.24, 2.45) is 5.84 Å². The number of ether oxygens (including phenoxy) is 1. The first-order valence-electron chi connectivity index (χ1n) is 6.36. The van der Waals surface area contributed by atoms with Crippen LogP contribution in [0.15, 0.2) is 0 Å². The highest BCUT2D eigenvalue weighted by molar-refractivity contribution is 5.57. The Morgan fingerprint density at radius 2 is 2.05 bits per heavy atom. The van der Waals surface area contributed by atoms with Gasteiger partial charge in [0.05, 0.1) is 12.6 Å². The number of hydrazine groups is 1. The summed E-state index contributed by atoms with van der Waals surface area (Å²) in [5, 5.41) is 12.6. The monoisotopic (exact) mass is 269 g/mol. The van der Waals surface area contributed by atoms with Crippen molar-refractivity contribution in [3.8, 4) is 0 Å². The van der Waals surface area contributed by atoms with Crippen LogP contribution in [0.25, 0.3) is 0 Å². The largest absolute Gasteiger partial charge is 0.394 e. The third kappa shape index (κ3) is 4.30. The van der Waals surface area contributed by atoms with Crippen LogP contribution in [0.4, 0.5) is 11.6 Å². The molecule has 0 aliphatic rings. The predicted molar refractivity (Wildman–Crippen MR) is 74.9 cm³/mol. The van der Waals surface area contributed by atoms with Crippen molar-refractivity contribution in [2.45, 2.75) is 32.7 Å². The maximum atomic E-state index is 9.36. The number of aryl methyl sites for hydroxylation is 1. The SMILES string of the molecule is CCc1nc(NN)c(C)c(NC(CO)CCOC)n1. The molecule has 0 amide bonds. The number of aliphatic hydroxyl groups excluding tert-OH is 1. The summed E-state index contributed by atoms with van der Waals surface area (Å²) in [6.45, 7) is 4.44. The fraction of sp³-hybridized carbons (Fsp3) is 0.667. The molecule has 7 heteroatoms. The Hall–Kier alpha value is -1.44. The Morgan fingerprint density at radius 1 is 1.37 bits per heavy atom. The molecule has 0 bridgehead atoms.